The van der Waals surface area contributed by atoms with Crippen molar-refractivity contribution in [2.45, 2.75) is 30.7 Å². The standard InChI is InChI=1S/C14H17N3O5S/c1-9(13(18)17-6-2-3-7-17)16-23(20,21)10-4-5-11-12(8-10)22-14(19)15-11/h4-5,8-9,16H,2-3,6-7H2,1H3,(H,15,19)/t9-/m1/s1. The lowest BCUT2D eigenvalue weighted by atomic mass is 10.3. The molecule has 1 saturated heterocycles. The molecule has 9 heteroatoms. The minimum Gasteiger partial charge on any atom is -0.408 e. The van der Waals surface area contributed by atoms with E-state index in [0.29, 0.717) is 18.6 Å². The minimum absolute atomic E-state index is 0.0613. The number of oxazole rings is 1. The molecule has 0 aliphatic carbocycles. The maximum Gasteiger partial charge on any atom is 0.417 e. The number of rotatable bonds is 4. The molecule has 1 aromatic heterocycles. The second-order valence-electron chi connectivity index (χ2n) is 5.55. The Hall–Kier alpha value is -2.13. The van der Waals surface area contributed by atoms with Crippen molar-refractivity contribution in [1.82, 2.24) is 14.6 Å². The van der Waals surface area contributed by atoms with Crippen molar-refractivity contribution in [2.24, 2.45) is 0 Å². The highest BCUT2D eigenvalue weighted by atomic mass is 32.2. The summed E-state index contributed by atoms with van der Waals surface area (Å²) in [7, 11) is -3.89. The summed E-state index contributed by atoms with van der Waals surface area (Å²) in [4.78, 5) is 27.4. The molecule has 1 atom stereocenters. The lowest BCUT2D eigenvalue weighted by molar-refractivity contribution is -0.131. The molecule has 0 radical (unpaired) electrons. The Kier molecular flexibility index (Phi) is 3.99. The van der Waals surface area contributed by atoms with Crippen LogP contribution in [-0.2, 0) is 14.8 Å². The Morgan fingerprint density at radius 1 is 1.35 bits per heavy atom. The number of benzene rings is 1. The molecular formula is C14H17N3O5S. The number of aromatic nitrogens is 1. The highest BCUT2D eigenvalue weighted by Crippen LogP contribution is 2.17. The summed E-state index contributed by atoms with van der Waals surface area (Å²) in [5, 5.41) is 0. The molecule has 1 amide bonds. The second kappa shape index (κ2) is 5.82. The van der Waals surface area contributed by atoms with Crippen molar-refractivity contribution in [1.29, 1.82) is 0 Å². The SMILES string of the molecule is C[C@@H](NS(=O)(=O)c1ccc2[nH]c(=O)oc2c1)C(=O)N1CCCC1. The van der Waals surface area contributed by atoms with Gasteiger partial charge in [-0.15, -0.1) is 0 Å². The Labute approximate surface area is 132 Å². The van der Waals surface area contributed by atoms with Crippen molar-refractivity contribution >= 4 is 27.0 Å². The number of carbonyl (C=O) groups excluding carboxylic acids is 1. The maximum atomic E-state index is 12.4. The van der Waals surface area contributed by atoms with Gasteiger partial charge in [0.05, 0.1) is 16.5 Å². The molecule has 2 heterocycles. The third-order valence-corrected chi connectivity index (χ3v) is 5.36. The van der Waals surface area contributed by atoms with Crippen molar-refractivity contribution < 1.29 is 17.6 Å². The molecule has 23 heavy (non-hydrogen) atoms. The van der Waals surface area contributed by atoms with E-state index in [2.05, 4.69) is 9.71 Å². The van der Waals surface area contributed by atoms with E-state index in [0.717, 1.165) is 12.8 Å². The highest BCUT2D eigenvalue weighted by molar-refractivity contribution is 7.89. The lowest BCUT2D eigenvalue weighted by Gasteiger charge is -2.21. The number of nitrogens with one attached hydrogen (secondary N) is 2. The summed E-state index contributed by atoms with van der Waals surface area (Å²) in [6.45, 7) is 2.84. The van der Waals surface area contributed by atoms with E-state index in [1.165, 1.54) is 25.1 Å². The van der Waals surface area contributed by atoms with Crippen molar-refractivity contribution in [3.05, 3.63) is 28.7 Å². The number of fused-ring (bicyclic) bond motifs is 1. The Morgan fingerprint density at radius 3 is 2.74 bits per heavy atom. The van der Waals surface area contributed by atoms with Gasteiger partial charge in [-0.3, -0.25) is 9.78 Å². The van der Waals surface area contributed by atoms with Gasteiger partial charge in [-0.1, -0.05) is 0 Å². The highest BCUT2D eigenvalue weighted by Gasteiger charge is 2.27. The third kappa shape index (κ3) is 3.15. The molecule has 0 saturated carbocycles. The topological polar surface area (TPSA) is 112 Å². The van der Waals surface area contributed by atoms with Crippen LogP contribution >= 0.6 is 0 Å². The fourth-order valence-electron chi connectivity index (χ4n) is 2.66. The average molecular weight is 339 g/mol. The smallest absolute Gasteiger partial charge is 0.408 e. The van der Waals surface area contributed by atoms with Crippen LogP contribution in [0.25, 0.3) is 11.1 Å². The van der Waals surface area contributed by atoms with E-state index in [1.54, 1.807) is 4.90 Å². The number of likely N-dealkylation sites (tertiary alicyclic amines) is 1. The monoisotopic (exact) mass is 339 g/mol. The van der Waals surface area contributed by atoms with Gasteiger partial charge in [0.2, 0.25) is 15.9 Å². The van der Waals surface area contributed by atoms with Crippen LogP contribution in [0.4, 0.5) is 0 Å². The predicted molar refractivity (Wildman–Crippen MR) is 82.4 cm³/mol. The van der Waals surface area contributed by atoms with Crippen LogP contribution in [0.5, 0.6) is 0 Å². The maximum absolute atomic E-state index is 12.4. The third-order valence-electron chi connectivity index (χ3n) is 3.82. The number of hydrogen-bond donors (Lipinski definition) is 2. The number of sulfonamides is 1. The van der Waals surface area contributed by atoms with E-state index in [4.69, 9.17) is 4.42 Å². The van der Waals surface area contributed by atoms with Crippen LogP contribution in [0.1, 0.15) is 19.8 Å². The van der Waals surface area contributed by atoms with Crippen molar-refractivity contribution in [2.75, 3.05) is 13.1 Å². The van der Waals surface area contributed by atoms with Crippen LogP contribution in [0.3, 0.4) is 0 Å². The van der Waals surface area contributed by atoms with E-state index >= 15 is 0 Å². The molecule has 3 rings (SSSR count). The van der Waals surface area contributed by atoms with Gasteiger partial charge in [0, 0.05) is 19.2 Å². The number of aromatic amines is 1. The number of amides is 1. The summed E-state index contributed by atoms with van der Waals surface area (Å²) >= 11 is 0. The lowest BCUT2D eigenvalue weighted by Crippen LogP contribution is -2.45. The van der Waals surface area contributed by atoms with Gasteiger partial charge in [0.15, 0.2) is 5.58 Å². The zero-order valence-electron chi connectivity index (χ0n) is 12.5. The fraction of sp³-hybridized carbons (Fsp3) is 0.429. The quantitative estimate of drug-likeness (QED) is 0.838. The summed E-state index contributed by atoms with van der Waals surface area (Å²) in [6.07, 6.45) is 1.88. The first kappa shape index (κ1) is 15.8. The second-order valence-corrected chi connectivity index (χ2v) is 7.26. The number of carbonyl (C=O) groups is 1. The molecule has 0 bridgehead atoms. The molecule has 8 nitrogen and oxygen atoms in total. The first-order chi connectivity index (χ1) is 10.9. The Bertz CT molecular complexity index is 893. The molecule has 0 unspecified atom stereocenters. The average Bonchev–Trinajstić information content (AvgIpc) is 3.13. The van der Waals surface area contributed by atoms with Crippen LogP contribution in [0, 0.1) is 0 Å². The van der Waals surface area contributed by atoms with Gasteiger partial charge in [-0.2, -0.15) is 4.72 Å². The van der Waals surface area contributed by atoms with Crippen LogP contribution in [0.15, 0.2) is 32.3 Å². The zero-order chi connectivity index (χ0) is 16.6. The number of H-pyrrole nitrogens is 1. The molecule has 124 valence electrons. The van der Waals surface area contributed by atoms with E-state index < -0.39 is 21.8 Å². The van der Waals surface area contributed by atoms with Gasteiger partial charge < -0.3 is 9.32 Å². The first-order valence-electron chi connectivity index (χ1n) is 7.31. The van der Waals surface area contributed by atoms with E-state index in [-0.39, 0.29) is 16.4 Å². The Balaban J connectivity index is 1.81. The van der Waals surface area contributed by atoms with Crippen LogP contribution in [-0.4, -0.2) is 43.3 Å². The van der Waals surface area contributed by atoms with Gasteiger partial charge in [-0.25, -0.2) is 13.2 Å². The largest absolute Gasteiger partial charge is 0.417 e. The molecule has 1 aliphatic rings. The molecular weight excluding hydrogens is 322 g/mol. The molecule has 1 aliphatic heterocycles. The predicted octanol–water partition coefficient (Wildman–Crippen LogP) is 0.410. The van der Waals surface area contributed by atoms with Crippen molar-refractivity contribution in [3.8, 4) is 0 Å². The summed E-state index contributed by atoms with van der Waals surface area (Å²) in [5.74, 6) is -0.889. The normalized spacial score (nSPS) is 16.8. The van der Waals surface area contributed by atoms with E-state index in [9.17, 15) is 18.0 Å². The van der Waals surface area contributed by atoms with Crippen molar-refractivity contribution in [3.63, 3.8) is 0 Å². The van der Waals surface area contributed by atoms with E-state index in [1.807, 2.05) is 0 Å². The first-order valence-corrected chi connectivity index (χ1v) is 8.79. The number of hydrogen-bond acceptors (Lipinski definition) is 5. The molecule has 2 N–H and O–H groups in total. The zero-order valence-corrected chi connectivity index (χ0v) is 13.4. The van der Waals surface area contributed by atoms with Gasteiger partial charge >= 0.3 is 5.76 Å². The summed E-state index contributed by atoms with van der Waals surface area (Å²) in [6, 6.07) is 3.19. The van der Waals surface area contributed by atoms with Gasteiger partial charge in [0.1, 0.15) is 0 Å². The van der Waals surface area contributed by atoms with Gasteiger partial charge in [-0.05, 0) is 31.9 Å². The summed E-state index contributed by atoms with van der Waals surface area (Å²) in [5.41, 5.74) is 0.562. The van der Waals surface area contributed by atoms with Gasteiger partial charge in [0.25, 0.3) is 0 Å². The van der Waals surface area contributed by atoms with Crippen LogP contribution in [0.2, 0.25) is 0 Å². The number of nitrogens with zero attached hydrogens (tertiary/aromatic N) is 1. The molecule has 0 spiro atoms. The van der Waals surface area contributed by atoms with Crippen LogP contribution < -0.4 is 10.5 Å². The summed E-state index contributed by atoms with van der Waals surface area (Å²) < 4.78 is 32.0. The molecule has 1 fully saturated rings. The minimum atomic E-state index is -3.89. The molecule has 1 aromatic carbocycles. The fourth-order valence-corrected chi connectivity index (χ4v) is 3.87. The molecule has 2 aromatic rings. The Morgan fingerprint density at radius 2 is 2.04 bits per heavy atom.